The van der Waals surface area contributed by atoms with Crippen LogP contribution < -0.4 is 10.9 Å². The third-order valence-corrected chi connectivity index (χ3v) is 3.23. The smallest absolute Gasteiger partial charge is 0.252 e. The molecule has 18 heavy (non-hydrogen) atoms. The zero-order valence-corrected chi connectivity index (χ0v) is 10.8. The average molecular weight is 265 g/mol. The molecule has 2 rings (SSSR count). The number of aliphatic hydroxyl groups is 1. The summed E-state index contributed by atoms with van der Waals surface area (Å²) in [7, 11) is 0. The lowest BCUT2D eigenvalue weighted by molar-refractivity contribution is 0.192. The van der Waals surface area contributed by atoms with Crippen molar-refractivity contribution in [3.63, 3.8) is 0 Å². The Bertz CT molecular complexity index is 551. The van der Waals surface area contributed by atoms with E-state index in [9.17, 15) is 9.90 Å². The summed E-state index contributed by atoms with van der Waals surface area (Å²) in [6.45, 7) is 2.25. The fourth-order valence-corrected chi connectivity index (χ4v) is 2.26. The predicted molar refractivity (Wildman–Crippen MR) is 72.0 cm³/mol. The molecular formula is C12H15N3O2S. The van der Waals surface area contributed by atoms with E-state index in [-0.39, 0.29) is 5.56 Å². The van der Waals surface area contributed by atoms with E-state index >= 15 is 0 Å². The fourth-order valence-electron chi connectivity index (χ4n) is 1.55. The highest BCUT2D eigenvalue weighted by Crippen LogP contribution is 2.16. The quantitative estimate of drug-likeness (QED) is 0.766. The van der Waals surface area contributed by atoms with Crippen LogP contribution in [-0.2, 0) is 6.42 Å². The van der Waals surface area contributed by atoms with Crippen LogP contribution >= 0.6 is 11.3 Å². The Morgan fingerprint density at radius 2 is 2.44 bits per heavy atom. The van der Waals surface area contributed by atoms with Crippen molar-refractivity contribution in [3.8, 4) is 0 Å². The Balaban J connectivity index is 2.02. The van der Waals surface area contributed by atoms with Crippen molar-refractivity contribution in [2.24, 2.45) is 0 Å². The first-order valence-corrected chi connectivity index (χ1v) is 6.67. The molecule has 96 valence electrons. The van der Waals surface area contributed by atoms with Gasteiger partial charge in [-0.3, -0.25) is 4.79 Å². The minimum absolute atomic E-state index is 0.186. The summed E-state index contributed by atoms with van der Waals surface area (Å²) < 4.78 is 0. The molecule has 0 aromatic carbocycles. The van der Waals surface area contributed by atoms with Gasteiger partial charge in [-0.2, -0.15) is 11.3 Å². The van der Waals surface area contributed by atoms with Crippen LogP contribution in [0, 0.1) is 0 Å². The maximum absolute atomic E-state index is 11.3. The summed E-state index contributed by atoms with van der Waals surface area (Å²) in [6, 6.07) is 3.26. The third kappa shape index (κ3) is 3.18. The van der Waals surface area contributed by atoms with Gasteiger partial charge in [0.05, 0.1) is 6.10 Å². The number of H-pyrrole nitrogens is 1. The predicted octanol–water partition coefficient (Wildman–Crippen LogP) is 1.54. The Morgan fingerprint density at radius 3 is 3.11 bits per heavy atom. The largest absolute Gasteiger partial charge is 0.387 e. The Labute approximate surface area is 109 Å². The van der Waals surface area contributed by atoms with Crippen LogP contribution in [0.25, 0.3) is 0 Å². The van der Waals surface area contributed by atoms with Crippen molar-refractivity contribution in [1.29, 1.82) is 0 Å². The van der Waals surface area contributed by atoms with Crippen molar-refractivity contribution in [3.05, 3.63) is 44.6 Å². The summed E-state index contributed by atoms with van der Waals surface area (Å²) in [6.07, 6.45) is 0.0695. The number of anilines is 1. The second-order valence-electron chi connectivity index (χ2n) is 3.88. The molecule has 0 aliphatic carbocycles. The van der Waals surface area contributed by atoms with Crippen molar-refractivity contribution >= 4 is 17.2 Å². The molecule has 6 heteroatoms. The molecule has 2 aromatic heterocycles. The van der Waals surface area contributed by atoms with Gasteiger partial charge in [-0.1, -0.05) is 6.92 Å². The monoisotopic (exact) mass is 265 g/mol. The van der Waals surface area contributed by atoms with Crippen molar-refractivity contribution in [2.45, 2.75) is 19.4 Å². The van der Waals surface area contributed by atoms with Gasteiger partial charge in [0.1, 0.15) is 11.6 Å². The first-order chi connectivity index (χ1) is 8.69. The highest BCUT2D eigenvalue weighted by Gasteiger charge is 2.08. The second-order valence-corrected chi connectivity index (χ2v) is 4.66. The van der Waals surface area contributed by atoms with Crippen molar-refractivity contribution in [1.82, 2.24) is 9.97 Å². The van der Waals surface area contributed by atoms with Crippen LogP contribution in [-0.4, -0.2) is 21.6 Å². The SMILES string of the molecule is CCc1nc(NCC(O)c2ccsc2)cc(=O)[nH]1. The lowest BCUT2D eigenvalue weighted by Gasteiger charge is -2.11. The van der Waals surface area contributed by atoms with Gasteiger partial charge < -0.3 is 15.4 Å². The van der Waals surface area contributed by atoms with Crippen LogP contribution in [0.5, 0.6) is 0 Å². The van der Waals surface area contributed by atoms with E-state index in [1.54, 1.807) is 0 Å². The first-order valence-electron chi connectivity index (χ1n) is 5.73. The highest BCUT2D eigenvalue weighted by atomic mass is 32.1. The van der Waals surface area contributed by atoms with Crippen LogP contribution in [0.15, 0.2) is 27.7 Å². The molecule has 1 atom stereocenters. The number of hydrogen-bond acceptors (Lipinski definition) is 5. The molecule has 0 fully saturated rings. The van der Waals surface area contributed by atoms with E-state index in [4.69, 9.17) is 0 Å². The lowest BCUT2D eigenvalue weighted by Crippen LogP contribution is -2.17. The Morgan fingerprint density at radius 1 is 1.61 bits per heavy atom. The van der Waals surface area contributed by atoms with Crippen LogP contribution in [0.1, 0.15) is 24.4 Å². The fraction of sp³-hybridized carbons (Fsp3) is 0.333. The Hall–Kier alpha value is -1.66. The number of aromatic nitrogens is 2. The molecule has 2 heterocycles. The first kappa shape index (κ1) is 12.8. The highest BCUT2D eigenvalue weighted by molar-refractivity contribution is 7.07. The molecule has 0 aliphatic heterocycles. The van der Waals surface area contributed by atoms with Gasteiger partial charge in [0.2, 0.25) is 0 Å². The number of nitrogens with zero attached hydrogens (tertiary/aromatic N) is 1. The number of aliphatic hydroxyl groups excluding tert-OH is 1. The standard InChI is InChI=1S/C12H15N3O2S/c1-2-10-14-11(5-12(17)15-10)13-6-9(16)8-3-4-18-7-8/h3-5,7,9,16H,2,6H2,1H3,(H2,13,14,15,17). The molecule has 0 spiro atoms. The number of hydrogen-bond donors (Lipinski definition) is 3. The van der Waals surface area contributed by atoms with E-state index in [1.165, 1.54) is 17.4 Å². The molecular weight excluding hydrogens is 250 g/mol. The van der Waals surface area contributed by atoms with Gasteiger partial charge in [-0.25, -0.2) is 4.98 Å². The Kier molecular flexibility index (Phi) is 4.11. The number of thiophene rings is 1. The van der Waals surface area contributed by atoms with E-state index in [1.807, 2.05) is 23.8 Å². The summed E-state index contributed by atoms with van der Waals surface area (Å²) >= 11 is 1.54. The van der Waals surface area contributed by atoms with E-state index < -0.39 is 6.10 Å². The van der Waals surface area contributed by atoms with E-state index in [0.29, 0.717) is 24.6 Å². The summed E-state index contributed by atoms with van der Waals surface area (Å²) in [5, 5.41) is 16.7. The summed E-state index contributed by atoms with van der Waals surface area (Å²) in [5.74, 6) is 1.12. The zero-order chi connectivity index (χ0) is 13.0. The van der Waals surface area contributed by atoms with Gasteiger partial charge in [-0.15, -0.1) is 0 Å². The van der Waals surface area contributed by atoms with Crippen molar-refractivity contribution < 1.29 is 5.11 Å². The topological polar surface area (TPSA) is 78.0 Å². The van der Waals surface area contributed by atoms with E-state index in [0.717, 1.165) is 5.56 Å². The van der Waals surface area contributed by atoms with Gasteiger partial charge in [0.25, 0.3) is 5.56 Å². The molecule has 0 bridgehead atoms. The van der Waals surface area contributed by atoms with Gasteiger partial charge in [0.15, 0.2) is 0 Å². The maximum Gasteiger partial charge on any atom is 0.252 e. The van der Waals surface area contributed by atoms with Crippen LogP contribution in [0.3, 0.4) is 0 Å². The molecule has 3 N–H and O–H groups in total. The molecule has 0 saturated heterocycles. The van der Waals surface area contributed by atoms with Crippen LogP contribution in [0.4, 0.5) is 5.82 Å². The molecule has 0 amide bonds. The second kappa shape index (κ2) is 5.79. The average Bonchev–Trinajstić information content (AvgIpc) is 2.89. The van der Waals surface area contributed by atoms with E-state index in [2.05, 4.69) is 15.3 Å². The zero-order valence-electron chi connectivity index (χ0n) is 10.0. The number of aryl methyl sites for hydroxylation is 1. The summed E-state index contributed by atoms with van der Waals surface area (Å²) in [5.41, 5.74) is 0.683. The number of rotatable bonds is 5. The molecule has 1 unspecified atom stereocenters. The van der Waals surface area contributed by atoms with Gasteiger partial charge >= 0.3 is 0 Å². The molecule has 5 nitrogen and oxygen atoms in total. The minimum Gasteiger partial charge on any atom is -0.387 e. The van der Waals surface area contributed by atoms with Gasteiger partial charge in [-0.05, 0) is 22.4 Å². The number of aromatic amines is 1. The molecule has 2 aromatic rings. The van der Waals surface area contributed by atoms with Crippen LogP contribution in [0.2, 0.25) is 0 Å². The minimum atomic E-state index is -0.595. The van der Waals surface area contributed by atoms with Gasteiger partial charge in [0, 0.05) is 19.0 Å². The molecule has 0 saturated carbocycles. The van der Waals surface area contributed by atoms with Crippen molar-refractivity contribution in [2.75, 3.05) is 11.9 Å². The lowest BCUT2D eigenvalue weighted by atomic mass is 10.2. The summed E-state index contributed by atoms with van der Waals surface area (Å²) in [4.78, 5) is 18.2. The molecule has 0 aliphatic rings. The molecule has 0 radical (unpaired) electrons. The number of nitrogens with one attached hydrogen (secondary N) is 2. The normalized spacial score (nSPS) is 12.3. The third-order valence-electron chi connectivity index (χ3n) is 2.53. The maximum atomic E-state index is 11.3.